The van der Waals surface area contributed by atoms with E-state index in [1.54, 1.807) is 6.20 Å². The van der Waals surface area contributed by atoms with Gasteiger partial charge in [0.2, 0.25) is 6.20 Å². The molecule has 0 amide bonds. The summed E-state index contributed by atoms with van der Waals surface area (Å²) in [6.07, 6.45) is 3.46. The Labute approximate surface area is 117 Å². The number of pyridine rings is 1. The van der Waals surface area contributed by atoms with Gasteiger partial charge in [0.15, 0.2) is 0 Å². The first-order valence-electron chi connectivity index (χ1n) is 6.29. The lowest BCUT2D eigenvalue weighted by Crippen LogP contribution is -2.36. The summed E-state index contributed by atoms with van der Waals surface area (Å²) in [5.74, 6) is 0. The Morgan fingerprint density at radius 1 is 1.26 bits per heavy atom. The largest absolute Gasteiger partial charge is 0.285 e. The zero-order chi connectivity index (χ0) is 13.6. The maximum atomic E-state index is 10.1. The Kier molecular flexibility index (Phi) is 2.83. The second kappa shape index (κ2) is 4.39. The molecule has 1 aromatic carbocycles. The molecule has 2 aromatic rings. The van der Waals surface area contributed by atoms with Gasteiger partial charge in [-0.25, -0.2) is 0 Å². The highest BCUT2D eigenvalue weighted by Crippen LogP contribution is 2.32. The lowest BCUT2D eigenvalue weighted by Gasteiger charge is -2.07. The molecule has 0 radical (unpaired) electrons. The molecule has 96 valence electrons. The van der Waals surface area contributed by atoms with E-state index in [1.807, 2.05) is 24.3 Å². The minimum atomic E-state index is 0.742. The third kappa shape index (κ3) is 1.92. The molecule has 0 unspecified atom stereocenters. The van der Waals surface area contributed by atoms with Crippen LogP contribution < -0.4 is 4.73 Å². The Morgan fingerprint density at radius 2 is 2.05 bits per heavy atom. The van der Waals surface area contributed by atoms with Crippen LogP contribution in [0.15, 0.2) is 37.0 Å². The molecule has 1 aromatic heterocycles. The Bertz CT molecular complexity index is 691. The maximum absolute atomic E-state index is 10.1. The fourth-order valence-electron chi connectivity index (χ4n) is 2.77. The Morgan fingerprint density at radius 3 is 2.84 bits per heavy atom. The number of benzene rings is 1. The number of hydrogen-bond donors (Lipinski definition) is 1. The van der Waals surface area contributed by atoms with E-state index >= 15 is 0 Å². The summed E-state index contributed by atoms with van der Waals surface area (Å²) in [7, 11) is 0. The van der Waals surface area contributed by atoms with Crippen LogP contribution in [0, 0.1) is 6.92 Å². The molecule has 0 saturated heterocycles. The van der Waals surface area contributed by atoms with Gasteiger partial charge in [0.1, 0.15) is 0 Å². The van der Waals surface area contributed by atoms with Crippen molar-refractivity contribution in [3.63, 3.8) is 0 Å². The molecule has 1 N–H and O–H groups in total. The number of fused-ring (bicyclic) bond motifs is 2. The highest BCUT2D eigenvalue weighted by molar-refractivity contribution is 6.30. The molecule has 0 aliphatic heterocycles. The minimum absolute atomic E-state index is 0.742. The predicted octanol–water partition coefficient (Wildman–Crippen LogP) is 3.33. The van der Waals surface area contributed by atoms with Crippen molar-refractivity contribution in [2.24, 2.45) is 0 Å². The summed E-state index contributed by atoms with van der Waals surface area (Å²) in [6.45, 7) is 6.23. The van der Waals surface area contributed by atoms with Crippen LogP contribution in [0.5, 0.6) is 0 Å². The summed E-state index contributed by atoms with van der Waals surface area (Å²) in [6, 6.07) is 7.77. The molecule has 19 heavy (non-hydrogen) atoms. The maximum Gasteiger partial charge on any atom is 0.267 e. The fraction of sp³-hybridized carbons (Fsp3) is 0.188. The van der Waals surface area contributed by atoms with Gasteiger partial charge in [-0.3, -0.25) is 5.21 Å². The number of nitrogens with zero attached hydrogens (tertiary/aromatic N) is 1. The van der Waals surface area contributed by atoms with Gasteiger partial charge in [-0.2, -0.15) is 0 Å². The quantitative estimate of drug-likeness (QED) is 0.577. The molecule has 1 heterocycles. The van der Waals surface area contributed by atoms with E-state index in [2.05, 4.69) is 13.5 Å². The van der Waals surface area contributed by atoms with Gasteiger partial charge in [0, 0.05) is 21.4 Å². The number of aryl methyl sites for hydroxylation is 2. The van der Waals surface area contributed by atoms with Crippen molar-refractivity contribution < 1.29 is 9.94 Å². The first-order chi connectivity index (χ1) is 9.08. The van der Waals surface area contributed by atoms with Crippen LogP contribution in [-0.4, -0.2) is 5.21 Å². The van der Waals surface area contributed by atoms with Crippen molar-refractivity contribution in [2.45, 2.75) is 19.8 Å². The average Bonchev–Trinajstić information content (AvgIpc) is 2.52. The van der Waals surface area contributed by atoms with Crippen LogP contribution in [0.3, 0.4) is 0 Å². The number of halogens is 1. The minimum Gasteiger partial charge on any atom is -0.285 e. The fourth-order valence-corrected chi connectivity index (χ4v) is 2.96. The smallest absolute Gasteiger partial charge is 0.267 e. The highest BCUT2D eigenvalue weighted by Gasteiger charge is 2.27. The van der Waals surface area contributed by atoms with Gasteiger partial charge in [-0.1, -0.05) is 24.2 Å². The summed E-state index contributed by atoms with van der Waals surface area (Å²) in [4.78, 5) is 0. The van der Waals surface area contributed by atoms with Crippen molar-refractivity contribution in [3.8, 4) is 0 Å². The summed E-state index contributed by atoms with van der Waals surface area (Å²) in [5, 5.41) is 10.8. The van der Waals surface area contributed by atoms with E-state index < -0.39 is 0 Å². The van der Waals surface area contributed by atoms with Gasteiger partial charge in [0.05, 0.1) is 5.57 Å². The van der Waals surface area contributed by atoms with Gasteiger partial charge < -0.3 is 0 Å². The third-order valence-corrected chi connectivity index (χ3v) is 4.01. The van der Waals surface area contributed by atoms with Crippen molar-refractivity contribution in [3.05, 3.63) is 70.0 Å². The molecular weight excluding hydrogens is 258 g/mol. The molecule has 0 bridgehead atoms. The second-order valence-corrected chi connectivity index (χ2v) is 5.39. The van der Waals surface area contributed by atoms with E-state index in [-0.39, 0.29) is 0 Å². The monoisotopic (exact) mass is 272 g/mol. The van der Waals surface area contributed by atoms with E-state index in [0.29, 0.717) is 0 Å². The zero-order valence-corrected chi connectivity index (χ0v) is 11.5. The molecule has 0 saturated carbocycles. The lowest BCUT2D eigenvalue weighted by molar-refractivity contribution is -0.906. The van der Waals surface area contributed by atoms with Crippen molar-refractivity contribution in [1.82, 2.24) is 0 Å². The molecule has 1 aliphatic carbocycles. The average molecular weight is 273 g/mol. The normalized spacial score (nSPS) is 13.7. The molecule has 0 spiro atoms. The third-order valence-electron chi connectivity index (χ3n) is 3.78. The van der Waals surface area contributed by atoms with E-state index in [9.17, 15) is 5.21 Å². The van der Waals surface area contributed by atoms with Crippen LogP contribution in [-0.2, 0) is 12.8 Å². The molecular formula is C16H15ClNO+. The molecule has 0 fully saturated rings. The summed E-state index contributed by atoms with van der Waals surface area (Å²) < 4.78 is 1.17. The van der Waals surface area contributed by atoms with Crippen molar-refractivity contribution in [2.75, 3.05) is 0 Å². The molecule has 3 heteroatoms. The molecule has 3 rings (SSSR count). The summed E-state index contributed by atoms with van der Waals surface area (Å²) >= 11 is 6.07. The lowest BCUT2D eigenvalue weighted by atomic mass is 9.98. The van der Waals surface area contributed by atoms with Crippen LogP contribution >= 0.6 is 11.6 Å². The van der Waals surface area contributed by atoms with E-state index in [0.717, 1.165) is 40.3 Å². The predicted molar refractivity (Wildman–Crippen MR) is 75.6 cm³/mol. The van der Waals surface area contributed by atoms with Gasteiger partial charge in [-0.15, -0.1) is 0 Å². The van der Waals surface area contributed by atoms with Crippen molar-refractivity contribution >= 4 is 17.2 Å². The van der Waals surface area contributed by atoms with Crippen LogP contribution in [0.4, 0.5) is 0 Å². The molecule has 2 nitrogen and oxygen atoms in total. The van der Waals surface area contributed by atoms with Crippen LogP contribution in [0.25, 0.3) is 5.57 Å². The molecule has 1 aliphatic rings. The first-order valence-corrected chi connectivity index (χ1v) is 6.67. The number of rotatable bonds is 0. The van der Waals surface area contributed by atoms with Gasteiger partial charge in [0.25, 0.3) is 5.69 Å². The summed E-state index contributed by atoms with van der Waals surface area (Å²) in [5.41, 5.74) is 6.25. The standard InChI is InChI=1S/C16H15ClNO/c1-10-7-8-18(19)16-11(2)15-6-4-13(17)9-12(15)3-5-14(10)16/h4,6-9,19H,2-3,5H2,1H3/q+1. The number of aromatic nitrogens is 1. The molecule has 0 atom stereocenters. The van der Waals surface area contributed by atoms with Crippen LogP contribution in [0.1, 0.15) is 27.9 Å². The Balaban J connectivity index is 2.26. The zero-order valence-electron chi connectivity index (χ0n) is 10.8. The van der Waals surface area contributed by atoms with Gasteiger partial charge in [-0.05, 0) is 48.6 Å². The van der Waals surface area contributed by atoms with Crippen molar-refractivity contribution in [1.29, 1.82) is 0 Å². The topological polar surface area (TPSA) is 24.1 Å². The van der Waals surface area contributed by atoms with E-state index in [4.69, 9.17) is 11.6 Å². The van der Waals surface area contributed by atoms with Gasteiger partial charge >= 0.3 is 0 Å². The Hall–Kier alpha value is -1.80. The second-order valence-electron chi connectivity index (χ2n) is 4.95. The highest BCUT2D eigenvalue weighted by atomic mass is 35.5. The first kappa shape index (κ1) is 12.2. The SMILES string of the molecule is C=C1c2ccc(Cl)cc2CCc2c(C)cc[n+](O)c21. The van der Waals surface area contributed by atoms with E-state index in [1.165, 1.54) is 15.9 Å². The van der Waals surface area contributed by atoms with Crippen LogP contribution in [0.2, 0.25) is 5.02 Å². The number of hydrogen-bond acceptors (Lipinski definition) is 1.